The number of nitrogens with zero attached hydrogens (tertiary/aromatic N) is 2. The molecule has 152 valence electrons. The van der Waals surface area contributed by atoms with Gasteiger partial charge in [-0.25, -0.2) is 0 Å². The number of ether oxygens (including phenoxy) is 1. The molecule has 5 rings (SSSR count). The van der Waals surface area contributed by atoms with Gasteiger partial charge < -0.3 is 10.1 Å². The molecule has 29 heavy (non-hydrogen) atoms. The molecule has 3 fully saturated rings. The predicted octanol–water partition coefficient (Wildman–Crippen LogP) is -0.628. The summed E-state index contributed by atoms with van der Waals surface area (Å²) in [6.45, 7) is 5.42. The van der Waals surface area contributed by atoms with Gasteiger partial charge in [0.25, 0.3) is 11.8 Å². The first-order valence-electron chi connectivity index (χ1n) is 9.88. The summed E-state index contributed by atoms with van der Waals surface area (Å²) in [5, 5.41) is 5.50. The van der Waals surface area contributed by atoms with Crippen molar-refractivity contribution in [3.05, 3.63) is 29.3 Å². The molecule has 0 bridgehead atoms. The van der Waals surface area contributed by atoms with Crippen LogP contribution in [-0.2, 0) is 9.59 Å². The molecule has 1 atom stereocenters. The van der Waals surface area contributed by atoms with E-state index in [1.165, 1.54) is 0 Å². The van der Waals surface area contributed by atoms with Crippen LogP contribution in [0, 0.1) is 5.41 Å². The molecule has 0 radical (unpaired) electrons. The maximum absolute atomic E-state index is 13.0. The van der Waals surface area contributed by atoms with Gasteiger partial charge in [0.05, 0.1) is 11.1 Å². The summed E-state index contributed by atoms with van der Waals surface area (Å²) in [5.41, 5.74) is 0.880. The van der Waals surface area contributed by atoms with Crippen LogP contribution in [0.2, 0.25) is 0 Å². The molecule has 4 amide bonds. The van der Waals surface area contributed by atoms with Gasteiger partial charge in [-0.15, -0.1) is 0 Å². The molecule has 0 aromatic heterocycles. The highest BCUT2D eigenvalue weighted by Gasteiger charge is 2.48. The second-order valence-electron chi connectivity index (χ2n) is 8.29. The third kappa shape index (κ3) is 2.92. The van der Waals surface area contributed by atoms with Crippen LogP contribution in [0.1, 0.15) is 33.6 Å². The largest absolute Gasteiger partial charge is 0.491 e. The van der Waals surface area contributed by atoms with E-state index in [1.54, 1.807) is 18.2 Å². The van der Waals surface area contributed by atoms with Gasteiger partial charge in [0.1, 0.15) is 18.4 Å². The Bertz CT molecular complexity index is 917. The van der Waals surface area contributed by atoms with Crippen LogP contribution < -0.4 is 15.4 Å². The number of fused-ring (bicyclic) bond motifs is 1. The van der Waals surface area contributed by atoms with E-state index in [1.807, 2.05) is 0 Å². The number of hydrogen-bond donors (Lipinski definition) is 2. The van der Waals surface area contributed by atoms with Crippen molar-refractivity contribution in [2.45, 2.75) is 18.9 Å². The minimum absolute atomic E-state index is 0.0972. The van der Waals surface area contributed by atoms with Crippen LogP contribution in [0.25, 0.3) is 0 Å². The van der Waals surface area contributed by atoms with E-state index in [0.717, 1.165) is 37.6 Å². The minimum Gasteiger partial charge on any atom is -0.491 e. The predicted molar refractivity (Wildman–Crippen MR) is 100 cm³/mol. The normalized spacial score (nSPS) is 25.5. The summed E-state index contributed by atoms with van der Waals surface area (Å²) < 4.78 is 5.86. The van der Waals surface area contributed by atoms with Gasteiger partial charge in [0.15, 0.2) is 0 Å². The van der Waals surface area contributed by atoms with Crippen molar-refractivity contribution in [2.75, 3.05) is 39.3 Å². The van der Waals surface area contributed by atoms with E-state index >= 15 is 0 Å². The van der Waals surface area contributed by atoms with Gasteiger partial charge in [0, 0.05) is 44.6 Å². The van der Waals surface area contributed by atoms with Gasteiger partial charge in [0.2, 0.25) is 11.8 Å². The number of hydrogen-bond acceptors (Lipinski definition) is 7. The van der Waals surface area contributed by atoms with Gasteiger partial charge in [-0.2, -0.15) is 0 Å². The monoisotopic (exact) mass is 398 g/mol. The number of rotatable bonds is 5. The number of carbonyl (C=O) groups is 4. The highest BCUT2D eigenvalue weighted by Crippen LogP contribution is 2.35. The highest BCUT2D eigenvalue weighted by atomic mass is 16.5. The van der Waals surface area contributed by atoms with E-state index < -0.39 is 29.7 Å². The second kappa shape index (κ2) is 6.64. The molecule has 0 aliphatic carbocycles. The van der Waals surface area contributed by atoms with Crippen LogP contribution in [0.15, 0.2) is 18.2 Å². The fourth-order valence-electron chi connectivity index (χ4n) is 4.65. The molecule has 4 heterocycles. The molecule has 1 spiro atoms. The van der Waals surface area contributed by atoms with E-state index in [4.69, 9.17) is 4.74 Å². The zero-order valence-electron chi connectivity index (χ0n) is 15.9. The number of piperidine rings is 1. The van der Waals surface area contributed by atoms with Crippen molar-refractivity contribution in [3.63, 3.8) is 0 Å². The van der Waals surface area contributed by atoms with Crippen LogP contribution in [0.3, 0.4) is 0 Å². The molecule has 9 heteroatoms. The van der Waals surface area contributed by atoms with E-state index in [9.17, 15) is 19.2 Å². The maximum Gasteiger partial charge on any atom is 0.266 e. The Morgan fingerprint density at radius 1 is 1.10 bits per heavy atom. The summed E-state index contributed by atoms with van der Waals surface area (Å²) in [6.07, 6.45) is 0.234. The maximum atomic E-state index is 13.0. The standard InChI is InChI=1S/C20H22N4O5/c25-15-5-4-13(17(26)22-15)24-18(27)12-2-1-3-14(16(12)19(24)28)29-7-6-23-10-20(11-23)8-21-9-20/h1-3,13,21H,4-11H2,(H,22,25,26). The smallest absolute Gasteiger partial charge is 0.266 e. The number of benzene rings is 1. The number of nitrogens with one attached hydrogen (secondary N) is 2. The lowest BCUT2D eigenvalue weighted by molar-refractivity contribution is -0.136. The van der Waals surface area contributed by atoms with Crippen molar-refractivity contribution in [2.24, 2.45) is 5.41 Å². The van der Waals surface area contributed by atoms with Crippen molar-refractivity contribution in [1.29, 1.82) is 0 Å². The number of likely N-dealkylation sites (tertiary alicyclic amines) is 1. The molecular formula is C20H22N4O5. The Kier molecular flexibility index (Phi) is 4.18. The fourth-order valence-corrected chi connectivity index (χ4v) is 4.65. The Balaban J connectivity index is 1.27. The number of amides is 4. The number of imide groups is 2. The summed E-state index contributed by atoms with van der Waals surface area (Å²) in [5.74, 6) is -1.71. The SMILES string of the molecule is O=C1CCC(N2C(=O)c3cccc(OCCN4CC5(CNC5)C4)c3C2=O)C(=O)N1. The third-order valence-electron chi connectivity index (χ3n) is 6.21. The lowest BCUT2D eigenvalue weighted by Gasteiger charge is -2.56. The van der Waals surface area contributed by atoms with Crippen LogP contribution >= 0.6 is 0 Å². The molecule has 4 aliphatic heterocycles. The van der Waals surface area contributed by atoms with Gasteiger partial charge in [-0.05, 0) is 18.6 Å². The topological polar surface area (TPSA) is 108 Å². The minimum atomic E-state index is -0.971. The molecule has 2 N–H and O–H groups in total. The molecule has 9 nitrogen and oxygen atoms in total. The lowest BCUT2D eigenvalue weighted by atomic mass is 9.74. The van der Waals surface area contributed by atoms with Crippen molar-refractivity contribution in [1.82, 2.24) is 20.4 Å². The van der Waals surface area contributed by atoms with Crippen molar-refractivity contribution < 1.29 is 23.9 Å². The molecule has 1 unspecified atom stereocenters. The molecule has 3 saturated heterocycles. The van der Waals surface area contributed by atoms with Gasteiger partial charge in [-0.1, -0.05) is 6.07 Å². The lowest BCUT2D eigenvalue weighted by Crippen LogP contribution is -2.71. The first-order chi connectivity index (χ1) is 14.0. The Morgan fingerprint density at radius 2 is 1.90 bits per heavy atom. The van der Waals surface area contributed by atoms with Gasteiger partial charge in [-0.3, -0.25) is 34.3 Å². The molecular weight excluding hydrogens is 376 g/mol. The summed E-state index contributed by atoms with van der Waals surface area (Å²) in [7, 11) is 0. The Morgan fingerprint density at radius 3 is 2.59 bits per heavy atom. The highest BCUT2D eigenvalue weighted by molar-refractivity contribution is 6.24. The quantitative estimate of drug-likeness (QED) is 0.636. The van der Waals surface area contributed by atoms with Crippen molar-refractivity contribution in [3.8, 4) is 5.75 Å². The van der Waals surface area contributed by atoms with Gasteiger partial charge >= 0.3 is 0 Å². The third-order valence-corrected chi connectivity index (χ3v) is 6.21. The van der Waals surface area contributed by atoms with Crippen LogP contribution in [-0.4, -0.2) is 78.8 Å². The van der Waals surface area contributed by atoms with E-state index in [2.05, 4.69) is 15.5 Å². The summed E-state index contributed by atoms with van der Waals surface area (Å²) in [6, 6.07) is 3.94. The summed E-state index contributed by atoms with van der Waals surface area (Å²) in [4.78, 5) is 52.6. The number of carbonyl (C=O) groups excluding carboxylic acids is 4. The molecule has 4 aliphatic rings. The zero-order chi connectivity index (χ0) is 20.2. The fraction of sp³-hybridized carbons (Fsp3) is 0.500. The first-order valence-corrected chi connectivity index (χ1v) is 9.88. The second-order valence-corrected chi connectivity index (χ2v) is 8.29. The zero-order valence-corrected chi connectivity index (χ0v) is 15.9. The Labute approximate surface area is 167 Å². The average molecular weight is 398 g/mol. The Hall–Kier alpha value is -2.78. The van der Waals surface area contributed by atoms with Crippen LogP contribution in [0.5, 0.6) is 5.75 Å². The molecule has 0 saturated carbocycles. The van der Waals surface area contributed by atoms with Crippen molar-refractivity contribution >= 4 is 23.6 Å². The van der Waals surface area contributed by atoms with E-state index in [-0.39, 0.29) is 24.0 Å². The van der Waals surface area contributed by atoms with E-state index in [0.29, 0.717) is 17.8 Å². The van der Waals surface area contributed by atoms with Crippen LogP contribution in [0.4, 0.5) is 0 Å². The first kappa shape index (κ1) is 18.3. The summed E-state index contributed by atoms with van der Waals surface area (Å²) >= 11 is 0. The molecule has 1 aromatic carbocycles. The average Bonchev–Trinajstić information content (AvgIpc) is 2.87. The molecule has 1 aromatic rings.